The second-order valence-electron chi connectivity index (χ2n) is 6.30. The number of hydrogen-bond donors (Lipinski definition) is 1. The Hall–Kier alpha value is -1.02. The molecule has 0 aromatic heterocycles. The zero-order valence-corrected chi connectivity index (χ0v) is 13.6. The fourth-order valence-corrected chi connectivity index (χ4v) is 3.89. The van der Waals surface area contributed by atoms with Gasteiger partial charge in [0.25, 0.3) is 0 Å². The van der Waals surface area contributed by atoms with Crippen LogP contribution >= 0.6 is 0 Å². The highest BCUT2D eigenvalue weighted by Crippen LogP contribution is 2.41. The molecule has 2 rings (SSSR count). The van der Waals surface area contributed by atoms with E-state index in [1.54, 1.807) is 7.11 Å². The summed E-state index contributed by atoms with van der Waals surface area (Å²) in [6, 6.07) is 5.11. The summed E-state index contributed by atoms with van der Waals surface area (Å²) in [6.07, 6.45) is 4.10. The molecule has 0 amide bonds. The highest BCUT2D eigenvalue weighted by Gasteiger charge is 2.31. The molecule has 3 unspecified atom stereocenters. The maximum atomic E-state index is 5.50. The third kappa shape index (κ3) is 3.01. The molecule has 0 bridgehead atoms. The van der Waals surface area contributed by atoms with Gasteiger partial charge in [-0.3, -0.25) is 0 Å². The van der Waals surface area contributed by atoms with Gasteiger partial charge in [-0.15, -0.1) is 0 Å². The van der Waals surface area contributed by atoms with Crippen molar-refractivity contribution < 1.29 is 4.74 Å². The summed E-state index contributed by atoms with van der Waals surface area (Å²) in [6.45, 7) is 9.94. The van der Waals surface area contributed by atoms with E-state index in [0.29, 0.717) is 6.04 Å². The van der Waals surface area contributed by atoms with Gasteiger partial charge in [0, 0.05) is 6.04 Å². The van der Waals surface area contributed by atoms with Crippen LogP contribution in [0.1, 0.15) is 55.8 Å². The van der Waals surface area contributed by atoms with Crippen LogP contribution in [0.4, 0.5) is 0 Å². The van der Waals surface area contributed by atoms with Crippen molar-refractivity contribution in [2.45, 2.75) is 53.0 Å². The lowest BCUT2D eigenvalue weighted by Crippen LogP contribution is -2.29. The zero-order valence-electron chi connectivity index (χ0n) is 13.6. The summed E-state index contributed by atoms with van der Waals surface area (Å²) in [5.74, 6) is 2.62. The van der Waals surface area contributed by atoms with Crippen LogP contribution in [0.15, 0.2) is 12.1 Å². The lowest BCUT2D eigenvalue weighted by atomic mass is 9.84. The van der Waals surface area contributed by atoms with Crippen molar-refractivity contribution in [3.63, 3.8) is 0 Å². The van der Waals surface area contributed by atoms with Crippen LogP contribution in [-0.4, -0.2) is 13.7 Å². The van der Waals surface area contributed by atoms with Gasteiger partial charge in [-0.05, 0) is 55.3 Å². The largest absolute Gasteiger partial charge is 0.496 e. The molecule has 1 fully saturated rings. The molecular formula is C18H29NO. The smallest absolute Gasteiger partial charge is 0.124 e. The van der Waals surface area contributed by atoms with Gasteiger partial charge in [-0.1, -0.05) is 38.8 Å². The van der Waals surface area contributed by atoms with Gasteiger partial charge in [0.2, 0.25) is 0 Å². The summed E-state index contributed by atoms with van der Waals surface area (Å²) >= 11 is 0. The van der Waals surface area contributed by atoms with Crippen LogP contribution in [0.5, 0.6) is 5.75 Å². The van der Waals surface area contributed by atoms with Crippen molar-refractivity contribution in [1.29, 1.82) is 0 Å². The number of nitrogens with one attached hydrogen (secondary N) is 1. The zero-order chi connectivity index (χ0) is 14.7. The molecule has 2 heteroatoms. The van der Waals surface area contributed by atoms with Gasteiger partial charge in [-0.2, -0.15) is 0 Å². The summed E-state index contributed by atoms with van der Waals surface area (Å²) in [4.78, 5) is 0. The Morgan fingerprint density at radius 3 is 2.35 bits per heavy atom. The molecule has 3 atom stereocenters. The van der Waals surface area contributed by atoms with Crippen molar-refractivity contribution in [1.82, 2.24) is 5.32 Å². The van der Waals surface area contributed by atoms with Crippen LogP contribution in [0, 0.1) is 25.7 Å². The van der Waals surface area contributed by atoms with Gasteiger partial charge >= 0.3 is 0 Å². The Bertz CT molecular complexity index is 432. The molecule has 112 valence electrons. The van der Waals surface area contributed by atoms with Crippen molar-refractivity contribution in [2.24, 2.45) is 11.8 Å². The fraction of sp³-hybridized carbons (Fsp3) is 0.667. The molecule has 1 aromatic rings. The van der Waals surface area contributed by atoms with E-state index in [9.17, 15) is 0 Å². The monoisotopic (exact) mass is 275 g/mol. The first-order chi connectivity index (χ1) is 9.58. The Morgan fingerprint density at radius 2 is 1.90 bits per heavy atom. The average Bonchev–Trinajstić information content (AvgIpc) is 2.81. The predicted octanol–water partition coefficient (Wildman–Crippen LogP) is 4.40. The summed E-state index contributed by atoms with van der Waals surface area (Å²) in [5.41, 5.74) is 3.92. The second kappa shape index (κ2) is 6.62. The highest BCUT2D eigenvalue weighted by atomic mass is 16.5. The molecule has 1 aliphatic carbocycles. The van der Waals surface area contributed by atoms with Crippen molar-refractivity contribution >= 4 is 0 Å². The van der Waals surface area contributed by atoms with Crippen molar-refractivity contribution in [3.05, 3.63) is 28.8 Å². The van der Waals surface area contributed by atoms with E-state index in [1.807, 2.05) is 0 Å². The topological polar surface area (TPSA) is 21.3 Å². The highest BCUT2D eigenvalue weighted by molar-refractivity contribution is 5.44. The van der Waals surface area contributed by atoms with E-state index < -0.39 is 0 Å². The molecule has 0 heterocycles. The SMILES string of the molecule is CCNC(c1cc(C)c(OC)c(C)c1)C1CCCC1C. The van der Waals surface area contributed by atoms with Gasteiger partial charge in [-0.25, -0.2) is 0 Å². The molecule has 0 aliphatic heterocycles. The quantitative estimate of drug-likeness (QED) is 0.860. The van der Waals surface area contributed by atoms with Crippen molar-refractivity contribution in [3.8, 4) is 5.75 Å². The first kappa shape index (κ1) is 15.4. The average molecular weight is 275 g/mol. The molecule has 20 heavy (non-hydrogen) atoms. The molecule has 2 nitrogen and oxygen atoms in total. The minimum absolute atomic E-state index is 0.487. The van der Waals surface area contributed by atoms with E-state index in [1.165, 1.54) is 36.0 Å². The molecule has 1 N–H and O–H groups in total. The summed E-state index contributed by atoms with van der Waals surface area (Å²) in [5, 5.41) is 3.72. The van der Waals surface area contributed by atoms with Crippen LogP contribution in [0.2, 0.25) is 0 Å². The standard InChI is InChI=1S/C18H29NO/c1-6-19-17(16-9-7-8-12(16)2)15-10-13(3)18(20-5)14(4)11-15/h10-12,16-17,19H,6-9H2,1-5H3. The minimum Gasteiger partial charge on any atom is -0.496 e. The third-order valence-electron chi connectivity index (χ3n) is 4.83. The molecule has 0 spiro atoms. The maximum absolute atomic E-state index is 5.50. The number of rotatable bonds is 5. The van der Waals surface area contributed by atoms with Crippen LogP contribution < -0.4 is 10.1 Å². The van der Waals surface area contributed by atoms with Crippen LogP contribution in [0.3, 0.4) is 0 Å². The van der Waals surface area contributed by atoms with E-state index >= 15 is 0 Å². The van der Waals surface area contributed by atoms with Crippen molar-refractivity contribution in [2.75, 3.05) is 13.7 Å². The number of aryl methyl sites for hydroxylation is 2. The molecule has 0 saturated heterocycles. The van der Waals surface area contributed by atoms with Gasteiger partial charge in [0.1, 0.15) is 5.75 Å². The van der Waals surface area contributed by atoms with E-state index in [2.05, 4.69) is 45.1 Å². The summed E-state index contributed by atoms with van der Waals surface area (Å²) in [7, 11) is 1.76. The molecular weight excluding hydrogens is 246 g/mol. The number of methoxy groups -OCH3 is 1. The second-order valence-corrected chi connectivity index (χ2v) is 6.30. The predicted molar refractivity (Wildman–Crippen MR) is 85.4 cm³/mol. The number of ether oxygens (including phenoxy) is 1. The molecule has 0 radical (unpaired) electrons. The number of benzene rings is 1. The Morgan fingerprint density at radius 1 is 1.25 bits per heavy atom. The summed E-state index contributed by atoms with van der Waals surface area (Å²) < 4.78 is 5.50. The number of hydrogen-bond acceptors (Lipinski definition) is 2. The van der Waals surface area contributed by atoms with E-state index in [4.69, 9.17) is 4.74 Å². The normalized spacial score (nSPS) is 23.9. The van der Waals surface area contributed by atoms with Gasteiger partial charge < -0.3 is 10.1 Å². The van der Waals surface area contributed by atoms with Gasteiger partial charge in [0.05, 0.1) is 7.11 Å². The van der Waals surface area contributed by atoms with E-state index in [-0.39, 0.29) is 0 Å². The Kier molecular flexibility index (Phi) is 5.09. The minimum atomic E-state index is 0.487. The lowest BCUT2D eigenvalue weighted by molar-refractivity contribution is 0.305. The first-order valence-electron chi connectivity index (χ1n) is 7.97. The molecule has 1 saturated carbocycles. The van der Waals surface area contributed by atoms with Crippen LogP contribution in [0.25, 0.3) is 0 Å². The Balaban J connectivity index is 2.34. The lowest BCUT2D eigenvalue weighted by Gasteiger charge is -2.29. The first-order valence-corrected chi connectivity index (χ1v) is 7.97. The fourth-order valence-electron chi connectivity index (χ4n) is 3.89. The Labute approximate surface area is 123 Å². The molecule has 1 aromatic carbocycles. The van der Waals surface area contributed by atoms with Gasteiger partial charge in [0.15, 0.2) is 0 Å². The van der Waals surface area contributed by atoms with E-state index in [0.717, 1.165) is 24.1 Å². The van der Waals surface area contributed by atoms with Crippen LogP contribution in [-0.2, 0) is 0 Å². The molecule has 1 aliphatic rings. The third-order valence-corrected chi connectivity index (χ3v) is 4.83. The maximum Gasteiger partial charge on any atom is 0.124 e.